The third-order valence-electron chi connectivity index (χ3n) is 6.89. The zero-order valence-electron chi connectivity index (χ0n) is 20.5. The topological polar surface area (TPSA) is 69.7 Å². The predicted octanol–water partition coefficient (Wildman–Crippen LogP) is 4.41. The van der Waals surface area contributed by atoms with Gasteiger partial charge in [0.1, 0.15) is 17.2 Å². The van der Waals surface area contributed by atoms with E-state index in [4.69, 9.17) is 0 Å². The Hall–Kier alpha value is -3.55. The van der Waals surface area contributed by atoms with Crippen LogP contribution in [0.3, 0.4) is 0 Å². The summed E-state index contributed by atoms with van der Waals surface area (Å²) < 4.78 is 27.3. The molecule has 0 radical (unpaired) electrons. The first-order chi connectivity index (χ1) is 17.2. The first-order valence-electron chi connectivity index (χ1n) is 12.3. The number of rotatable bonds is 7. The predicted molar refractivity (Wildman–Crippen MR) is 133 cm³/mol. The van der Waals surface area contributed by atoms with Gasteiger partial charge in [-0.2, -0.15) is 0 Å². The van der Waals surface area contributed by atoms with Crippen LogP contribution in [0.15, 0.2) is 54.6 Å². The molecule has 36 heavy (non-hydrogen) atoms. The highest BCUT2D eigenvalue weighted by molar-refractivity contribution is 6.07. The van der Waals surface area contributed by atoms with Gasteiger partial charge in [0.25, 0.3) is 5.91 Å². The van der Waals surface area contributed by atoms with Crippen molar-refractivity contribution in [2.75, 3.05) is 19.6 Å². The number of benzene rings is 2. The molecule has 2 heterocycles. The second-order valence-corrected chi connectivity index (χ2v) is 10.0. The van der Waals surface area contributed by atoms with Gasteiger partial charge in [-0.15, -0.1) is 0 Å². The van der Waals surface area contributed by atoms with Crippen molar-refractivity contribution in [2.45, 2.75) is 38.6 Å². The number of amides is 4. The van der Waals surface area contributed by atoms with Crippen molar-refractivity contribution in [3.8, 4) is 0 Å². The minimum absolute atomic E-state index is 0.106. The second-order valence-electron chi connectivity index (χ2n) is 10.0. The Morgan fingerprint density at radius 3 is 2.39 bits per heavy atom. The molecule has 8 heteroatoms. The zero-order valence-corrected chi connectivity index (χ0v) is 20.5. The van der Waals surface area contributed by atoms with Gasteiger partial charge in [0.2, 0.25) is 5.91 Å². The maximum absolute atomic E-state index is 13.9. The van der Waals surface area contributed by atoms with Gasteiger partial charge >= 0.3 is 6.03 Å². The molecule has 0 bridgehead atoms. The number of halogens is 2. The third kappa shape index (κ3) is 5.48. The maximum atomic E-state index is 13.9. The molecule has 0 saturated carbocycles. The van der Waals surface area contributed by atoms with E-state index < -0.39 is 17.4 Å². The number of hydrogen-bond acceptors (Lipinski definition) is 3. The fraction of sp³-hybridized carbons (Fsp3) is 0.393. The lowest BCUT2D eigenvalue weighted by atomic mass is 9.73. The lowest BCUT2D eigenvalue weighted by Crippen LogP contribution is -2.58. The van der Waals surface area contributed by atoms with Crippen molar-refractivity contribution in [3.05, 3.63) is 77.4 Å². The number of hydrogen-bond donors (Lipinski definition) is 1. The van der Waals surface area contributed by atoms with Crippen LogP contribution in [-0.4, -0.2) is 52.8 Å². The molecule has 2 aromatic carbocycles. The summed E-state index contributed by atoms with van der Waals surface area (Å²) in [6.07, 6.45) is 4.20. The van der Waals surface area contributed by atoms with Crippen molar-refractivity contribution >= 4 is 23.9 Å². The van der Waals surface area contributed by atoms with Gasteiger partial charge in [-0.3, -0.25) is 14.5 Å². The second kappa shape index (κ2) is 10.6. The van der Waals surface area contributed by atoms with Crippen molar-refractivity contribution in [3.63, 3.8) is 0 Å². The molecule has 6 nitrogen and oxygen atoms in total. The van der Waals surface area contributed by atoms with Crippen LogP contribution in [0.2, 0.25) is 0 Å². The summed E-state index contributed by atoms with van der Waals surface area (Å²) in [5.41, 5.74) is 0.0372. The van der Waals surface area contributed by atoms with E-state index >= 15 is 0 Å². The average Bonchev–Trinajstić information content (AvgIpc) is 3.07. The molecule has 0 aromatic heterocycles. The first kappa shape index (κ1) is 25.5. The number of nitrogens with zero attached hydrogens (tertiary/aromatic N) is 2. The maximum Gasteiger partial charge on any atom is 0.325 e. The summed E-state index contributed by atoms with van der Waals surface area (Å²) >= 11 is 0. The van der Waals surface area contributed by atoms with E-state index in [9.17, 15) is 23.2 Å². The van der Waals surface area contributed by atoms with Crippen LogP contribution in [0.1, 0.15) is 37.8 Å². The van der Waals surface area contributed by atoms with E-state index in [2.05, 4.69) is 5.32 Å². The minimum atomic E-state index is -1.19. The number of imide groups is 1. The van der Waals surface area contributed by atoms with Crippen molar-refractivity contribution < 1.29 is 23.2 Å². The molecule has 2 aliphatic rings. The van der Waals surface area contributed by atoms with Gasteiger partial charge < -0.3 is 10.2 Å². The Morgan fingerprint density at radius 1 is 1.08 bits per heavy atom. The van der Waals surface area contributed by atoms with E-state index in [0.29, 0.717) is 43.6 Å². The monoisotopic (exact) mass is 495 g/mol. The number of carbonyl (C=O) groups is 3. The summed E-state index contributed by atoms with van der Waals surface area (Å²) in [6.45, 7) is 5.01. The van der Waals surface area contributed by atoms with Gasteiger partial charge in [0.05, 0.1) is 0 Å². The molecule has 2 aliphatic heterocycles. The quantitative estimate of drug-likeness (QED) is 0.457. The molecule has 1 N–H and O–H groups in total. The summed E-state index contributed by atoms with van der Waals surface area (Å²) in [6, 6.07) is 11.6. The summed E-state index contributed by atoms with van der Waals surface area (Å²) in [5, 5.41) is 2.97. The molecule has 2 fully saturated rings. The number of likely N-dealkylation sites (tertiary alicyclic amines) is 1. The number of urea groups is 1. The third-order valence-corrected chi connectivity index (χ3v) is 6.89. The number of carbonyl (C=O) groups excluding carboxylic acids is 3. The molecule has 1 unspecified atom stereocenters. The van der Waals surface area contributed by atoms with Crippen molar-refractivity contribution in [1.82, 2.24) is 15.1 Å². The fourth-order valence-corrected chi connectivity index (χ4v) is 5.16. The fourth-order valence-electron chi connectivity index (χ4n) is 5.16. The van der Waals surface area contributed by atoms with Gasteiger partial charge in [-0.1, -0.05) is 38.1 Å². The van der Waals surface area contributed by atoms with Crippen LogP contribution < -0.4 is 5.32 Å². The molecule has 0 spiro atoms. The van der Waals surface area contributed by atoms with Crippen LogP contribution in [0.5, 0.6) is 0 Å². The van der Waals surface area contributed by atoms with Crippen LogP contribution in [0.25, 0.3) is 6.08 Å². The van der Waals surface area contributed by atoms with Gasteiger partial charge in [0, 0.05) is 32.1 Å². The Balaban J connectivity index is 1.51. The van der Waals surface area contributed by atoms with Crippen LogP contribution in [0, 0.1) is 23.5 Å². The van der Waals surface area contributed by atoms with E-state index in [0.717, 1.165) is 0 Å². The molecule has 4 amide bonds. The largest absolute Gasteiger partial charge is 0.339 e. The van der Waals surface area contributed by atoms with Crippen LogP contribution >= 0.6 is 0 Å². The van der Waals surface area contributed by atoms with Gasteiger partial charge in [-0.05, 0) is 66.1 Å². The molecule has 2 saturated heterocycles. The molecule has 0 aliphatic carbocycles. The van der Waals surface area contributed by atoms with Gasteiger partial charge in [0.15, 0.2) is 0 Å². The molecule has 1 atom stereocenters. The van der Waals surface area contributed by atoms with Gasteiger partial charge in [-0.25, -0.2) is 13.6 Å². The lowest BCUT2D eigenvalue weighted by Gasteiger charge is -2.41. The highest BCUT2D eigenvalue weighted by Gasteiger charge is 2.56. The van der Waals surface area contributed by atoms with Crippen molar-refractivity contribution in [2.24, 2.45) is 11.8 Å². The SMILES string of the molecule is CC(C)CN1C(=O)NC(Cc2cccc(F)c2)(C2CCN(C(=O)/C=C/c3cccc(F)c3)CC2)C1=O. The first-order valence-corrected chi connectivity index (χ1v) is 12.3. The number of nitrogens with one attached hydrogen (secondary N) is 1. The standard InChI is InChI=1S/C28H31F2N3O3/c1-19(2)18-33-26(35)28(31-27(33)36,17-21-6-4-8-24(30)16-21)22-11-13-32(14-12-22)25(34)10-9-20-5-3-7-23(29)15-20/h3-10,15-16,19,22H,11-14,17-18H2,1-2H3,(H,31,36)/b10-9+. The summed E-state index contributed by atoms with van der Waals surface area (Å²) in [7, 11) is 0. The Bertz CT molecular complexity index is 1170. The Labute approximate surface area is 210 Å². The molecule has 2 aromatic rings. The van der Waals surface area contributed by atoms with E-state index in [1.165, 1.54) is 35.2 Å². The van der Waals surface area contributed by atoms with Crippen LogP contribution in [-0.2, 0) is 16.0 Å². The zero-order chi connectivity index (χ0) is 25.9. The smallest absolute Gasteiger partial charge is 0.325 e. The minimum Gasteiger partial charge on any atom is -0.339 e. The number of piperidine rings is 1. The average molecular weight is 496 g/mol. The Morgan fingerprint density at radius 2 is 1.75 bits per heavy atom. The summed E-state index contributed by atoms with van der Waals surface area (Å²) in [4.78, 5) is 42.3. The van der Waals surface area contributed by atoms with E-state index in [1.807, 2.05) is 13.8 Å². The Kier molecular flexibility index (Phi) is 7.52. The molecule has 190 valence electrons. The lowest BCUT2D eigenvalue weighted by molar-refractivity contribution is -0.135. The highest BCUT2D eigenvalue weighted by atomic mass is 19.1. The summed E-state index contributed by atoms with van der Waals surface area (Å²) in [5.74, 6) is -1.37. The van der Waals surface area contributed by atoms with E-state index in [-0.39, 0.29) is 35.9 Å². The molecular formula is C28H31F2N3O3. The normalized spacial score (nSPS) is 21.0. The van der Waals surface area contributed by atoms with Crippen LogP contribution in [0.4, 0.5) is 13.6 Å². The molecule has 4 rings (SSSR count). The van der Waals surface area contributed by atoms with Crippen molar-refractivity contribution in [1.29, 1.82) is 0 Å². The molecular weight excluding hydrogens is 464 g/mol. The van der Waals surface area contributed by atoms with E-state index in [1.54, 1.807) is 35.2 Å². The highest BCUT2D eigenvalue weighted by Crippen LogP contribution is 2.37.